The largest absolute Gasteiger partial charge is 0.383 e. The Hall–Kier alpha value is -2.60. The number of nitrogens with zero attached hydrogens (tertiary/aromatic N) is 2. The van der Waals surface area contributed by atoms with Crippen molar-refractivity contribution in [3.63, 3.8) is 0 Å². The molecule has 0 radical (unpaired) electrons. The van der Waals surface area contributed by atoms with Gasteiger partial charge in [-0.1, -0.05) is 6.07 Å². The van der Waals surface area contributed by atoms with Gasteiger partial charge in [0.05, 0.1) is 11.3 Å². The van der Waals surface area contributed by atoms with Gasteiger partial charge in [0.2, 0.25) is 0 Å². The van der Waals surface area contributed by atoms with Crippen LogP contribution in [0.15, 0.2) is 24.3 Å². The van der Waals surface area contributed by atoms with Crippen LogP contribution >= 0.6 is 0 Å². The van der Waals surface area contributed by atoms with Crippen LogP contribution in [0.5, 0.6) is 0 Å². The van der Waals surface area contributed by atoms with Crippen LogP contribution in [0, 0.1) is 6.92 Å². The number of aromatic nitrogens is 3. The van der Waals surface area contributed by atoms with Gasteiger partial charge >= 0.3 is 0 Å². The highest BCUT2D eigenvalue weighted by Gasteiger charge is 2.23. The molecule has 4 rings (SSSR count). The van der Waals surface area contributed by atoms with E-state index in [0.29, 0.717) is 17.9 Å². The van der Waals surface area contributed by atoms with Gasteiger partial charge in [0.25, 0.3) is 5.91 Å². The Balaban J connectivity index is 1.85. The first kappa shape index (κ1) is 13.1. The maximum Gasteiger partial charge on any atom is 0.280 e. The van der Waals surface area contributed by atoms with Crippen LogP contribution < -0.4 is 11.1 Å². The highest BCUT2D eigenvalue weighted by Crippen LogP contribution is 2.24. The lowest BCUT2D eigenvalue weighted by Gasteiger charge is -2.10. The van der Waals surface area contributed by atoms with Crippen molar-refractivity contribution in [1.29, 1.82) is 0 Å². The van der Waals surface area contributed by atoms with Crippen LogP contribution in [0.3, 0.4) is 0 Å². The van der Waals surface area contributed by atoms with Crippen LogP contribution in [-0.4, -0.2) is 27.2 Å². The van der Waals surface area contributed by atoms with Crippen molar-refractivity contribution in [3.05, 3.63) is 46.8 Å². The number of rotatable bonds is 1. The molecule has 1 aromatic carbocycles. The normalized spacial score (nSPS) is 14.2. The van der Waals surface area contributed by atoms with Crippen molar-refractivity contribution >= 4 is 22.6 Å². The number of fused-ring (bicyclic) bond motifs is 2. The highest BCUT2D eigenvalue weighted by molar-refractivity contribution is 6.08. The summed E-state index contributed by atoms with van der Waals surface area (Å²) >= 11 is 0. The lowest BCUT2D eigenvalue weighted by Crippen LogP contribution is -2.23. The maximum absolute atomic E-state index is 12.9. The SMILES string of the molecule is Cc1cc2c(C(=O)n3nc4c(c3N)CCNC4)cccc2[nH]1. The summed E-state index contributed by atoms with van der Waals surface area (Å²) in [6, 6.07) is 7.62. The zero-order valence-electron chi connectivity index (χ0n) is 12.3. The summed E-state index contributed by atoms with van der Waals surface area (Å²) in [6.45, 7) is 3.50. The Morgan fingerprint density at radius 1 is 1.41 bits per heavy atom. The molecule has 0 saturated heterocycles. The summed E-state index contributed by atoms with van der Waals surface area (Å²) in [4.78, 5) is 16.1. The van der Waals surface area contributed by atoms with E-state index in [2.05, 4.69) is 15.4 Å². The van der Waals surface area contributed by atoms with Crippen LogP contribution in [0.25, 0.3) is 10.9 Å². The zero-order chi connectivity index (χ0) is 15.3. The average molecular weight is 295 g/mol. The van der Waals surface area contributed by atoms with Crippen molar-refractivity contribution in [3.8, 4) is 0 Å². The molecule has 1 aliphatic heterocycles. The van der Waals surface area contributed by atoms with Gasteiger partial charge in [-0.2, -0.15) is 9.78 Å². The Morgan fingerprint density at radius 2 is 2.27 bits per heavy atom. The summed E-state index contributed by atoms with van der Waals surface area (Å²) in [6.07, 6.45) is 0.807. The van der Waals surface area contributed by atoms with Gasteiger partial charge in [-0.05, 0) is 38.1 Å². The number of aromatic amines is 1. The monoisotopic (exact) mass is 295 g/mol. The summed E-state index contributed by atoms with van der Waals surface area (Å²) in [5.41, 5.74) is 10.6. The van der Waals surface area contributed by atoms with Crippen molar-refractivity contribution < 1.29 is 4.79 Å². The van der Waals surface area contributed by atoms with Gasteiger partial charge in [-0.25, -0.2) is 0 Å². The van der Waals surface area contributed by atoms with Gasteiger partial charge < -0.3 is 16.0 Å². The van der Waals surface area contributed by atoms with Gasteiger partial charge in [-0.3, -0.25) is 4.79 Å². The van der Waals surface area contributed by atoms with Crippen LogP contribution in [-0.2, 0) is 13.0 Å². The fraction of sp³-hybridized carbons (Fsp3) is 0.250. The minimum Gasteiger partial charge on any atom is -0.383 e. The topological polar surface area (TPSA) is 88.7 Å². The fourth-order valence-corrected chi connectivity index (χ4v) is 3.10. The number of hydrogen-bond donors (Lipinski definition) is 3. The number of H-pyrrole nitrogens is 1. The van der Waals surface area contributed by atoms with E-state index in [-0.39, 0.29) is 5.91 Å². The third-order valence-electron chi connectivity index (χ3n) is 4.17. The molecule has 0 amide bonds. The lowest BCUT2D eigenvalue weighted by atomic mass is 10.1. The quantitative estimate of drug-likeness (QED) is 0.636. The molecule has 3 aromatic rings. The average Bonchev–Trinajstić information content (AvgIpc) is 3.06. The van der Waals surface area contributed by atoms with E-state index in [1.807, 2.05) is 31.2 Å². The Morgan fingerprint density at radius 3 is 3.09 bits per heavy atom. The standard InChI is InChI=1S/C16H17N5O/c1-9-7-12-10(3-2-4-13(12)19-9)16(22)21-15(17)11-5-6-18-8-14(11)20-21/h2-4,7,18-19H,5-6,8,17H2,1H3. The van der Waals surface area contributed by atoms with Gasteiger partial charge in [0.1, 0.15) is 5.82 Å². The number of aryl methyl sites for hydroxylation is 1. The fourth-order valence-electron chi connectivity index (χ4n) is 3.10. The van der Waals surface area contributed by atoms with E-state index < -0.39 is 0 Å². The third-order valence-corrected chi connectivity index (χ3v) is 4.17. The second-order valence-corrected chi connectivity index (χ2v) is 5.67. The molecular weight excluding hydrogens is 278 g/mol. The molecule has 0 fully saturated rings. The summed E-state index contributed by atoms with van der Waals surface area (Å²) in [7, 11) is 0. The third kappa shape index (κ3) is 1.84. The molecule has 0 spiro atoms. The van der Waals surface area contributed by atoms with Crippen LogP contribution in [0.2, 0.25) is 0 Å². The highest BCUT2D eigenvalue weighted by atomic mass is 16.2. The number of nitrogen functional groups attached to an aromatic ring is 1. The minimum absolute atomic E-state index is 0.184. The molecule has 0 unspecified atom stereocenters. The number of carbonyl (C=O) groups excluding carboxylic acids is 1. The molecular formula is C16H17N5O. The zero-order valence-corrected chi connectivity index (χ0v) is 12.3. The second-order valence-electron chi connectivity index (χ2n) is 5.67. The van der Waals surface area contributed by atoms with Gasteiger partial charge in [0, 0.05) is 28.7 Å². The molecule has 1 aliphatic rings. The number of benzene rings is 1. The molecule has 0 aliphatic carbocycles. The van der Waals surface area contributed by atoms with E-state index in [4.69, 9.17) is 5.73 Å². The first-order valence-electron chi connectivity index (χ1n) is 7.35. The summed E-state index contributed by atoms with van der Waals surface area (Å²) in [5, 5.41) is 8.55. The molecule has 4 N–H and O–H groups in total. The van der Waals surface area contributed by atoms with E-state index in [0.717, 1.165) is 40.8 Å². The number of carbonyl (C=O) groups is 1. The predicted octanol–water partition coefficient (Wildman–Crippen LogP) is 1.59. The Kier molecular flexibility index (Phi) is 2.80. The predicted molar refractivity (Wildman–Crippen MR) is 84.8 cm³/mol. The van der Waals surface area contributed by atoms with E-state index >= 15 is 0 Å². The van der Waals surface area contributed by atoms with Crippen molar-refractivity contribution in [2.45, 2.75) is 19.9 Å². The van der Waals surface area contributed by atoms with E-state index in [1.54, 1.807) is 0 Å². The molecule has 22 heavy (non-hydrogen) atoms. The molecule has 0 saturated carbocycles. The van der Waals surface area contributed by atoms with E-state index in [9.17, 15) is 4.79 Å². The number of anilines is 1. The summed E-state index contributed by atoms with van der Waals surface area (Å²) < 4.78 is 1.34. The minimum atomic E-state index is -0.184. The molecule has 3 heterocycles. The molecule has 2 aromatic heterocycles. The number of nitrogens with one attached hydrogen (secondary N) is 2. The second kappa shape index (κ2) is 4.71. The van der Waals surface area contributed by atoms with Crippen molar-refractivity contribution in [2.75, 3.05) is 12.3 Å². The molecule has 6 heteroatoms. The molecule has 6 nitrogen and oxygen atoms in total. The number of hydrogen-bond acceptors (Lipinski definition) is 4. The molecule has 112 valence electrons. The maximum atomic E-state index is 12.9. The lowest BCUT2D eigenvalue weighted by molar-refractivity contribution is 0.0949. The van der Waals surface area contributed by atoms with Crippen molar-refractivity contribution in [1.82, 2.24) is 20.1 Å². The van der Waals surface area contributed by atoms with Crippen molar-refractivity contribution in [2.24, 2.45) is 0 Å². The number of nitrogens with two attached hydrogens (primary N) is 1. The van der Waals surface area contributed by atoms with Crippen LogP contribution in [0.4, 0.5) is 5.82 Å². The van der Waals surface area contributed by atoms with E-state index in [1.165, 1.54) is 4.68 Å². The first-order valence-corrected chi connectivity index (χ1v) is 7.35. The van der Waals surface area contributed by atoms with Gasteiger partial charge in [-0.15, -0.1) is 0 Å². The molecule has 0 bridgehead atoms. The first-order chi connectivity index (χ1) is 10.6. The smallest absolute Gasteiger partial charge is 0.280 e. The van der Waals surface area contributed by atoms with Crippen LogP contribution in [0.1, 0.15) is 27.3 Å². The van der Waals surface area contributed by atoms with Gasteiger partial charge in [0.15, 0.2) is 0 Å². The Labute approximate surface area is 127 Å². The summed E-state index contributed by atoms with van der Waals surface area (Å²) in [5.74, 6) is 0.280. The molecule has 0 atom stereocenters. The Bertz CT molecular complexity index is 889.